The van der Waals surface area contributed by atoms with Crippen molar-refractivity contribution in [2.75, 3.05) is 0 Å². The zero-order valence-electron chi connectivity index (χ0n) is 11.7. The maximum absolute atomic E-state index is 11.5. The van der Waals surface area contributed by atoms with Crippen LogP contribution in [0.5, 0.6) is 0 Å². The van der Waals surface area contributed by atoms with E-state index in [0.717, 1.165) is 16.5 Å². The average molecular weight is 256 g/mol. The van der Waals surface area contributed by atoms with E-state index in [9.17, 15) is 4.79 Å². The van der Waals surface area contributed by atoms with Gasteiger partial charge in [-0.05, 0) is 43.4 Å². The maximum Gasteiger partial charge on any atom is 0.195 e. The summed E-state index contributed by atoms with van der Waals surface area (Å²) in [4.78, 5) is 11.5. The monoisotopic (exact) mass is 256 g/mol. The minimum atomic E-state index is 0.00733. The average Bonchev–Trinajstić information content (AvgIpc) is 2.77. The van der Waals surface area contributed by atoms with Gasteiger partial charge in [0, 0.05) is 17.9 Å². The molecule has 0 amide bonds. The first-order chi connectivity index (χ1) is 9.16. The van der Waals surface area contributed by atoms with Crippen molar-refractivity contribution in [3.63, 3.8) is 0 Å². The van der Waals surface area contributed by atoms with Crippen LogP contribution in [-0.2, 0) is 0 Å². The van der Waals surface area contributed by atoms with Crippen molar-refractivity contribution in [2.24, 2.45) is 0 Å². The number of rotatable bonds is 2. The van der Waals surface area contributed by atoms with Crippen LogP contribution >= 0.6 is 0 Å². The van der Waals surface area contributed by atoms with E-state index in [1.54, 1.807) is 6.92 Å². The topological polar surface area (TPSA) is 30.2 Å². The molecule has 0 spiro atoms. The van der Waals surface area contributed by atoms with Crippen molar-refractivity contribution < 1.29 is 9.21 Å². The fourth-order valence-corrected chi connectivity index (χ4v) is 3.26. The van der Waals surface area contributed by atoms with Crippen LogP contribution in [0.4, 0.5) is 0 Å². The Bertz CT molecular complexity index is 615. The molecular weight excluding hydrogens is 236 g/mol. The third kappa shape index (κ3) is 2.20. The van der Waals surface area contributed by atoms with Gasteiger partial charge < -0.3 is 4.42 Å². The lowest BCUT2D eigenvalue weighted by molar-refractivity contribution is 0.0988. The molecule has 0 aliphatic heterocycles. The molecule has 0 unspecified atom stereocenters. The summed E-state index contributed by atoms with van der Waals surface area (Å²) in [6, 6.07) is 6.43. The molecule has 100 valence electrons. The Kier molecular flexibility index (Phi) is 3.17. The van der Waals surface area contributed by atoms with Crippen LogP contribution in [0, 0.1) is 6.92 Å². The number of benzene rings is 1. The van der Waals surface area contributed by atoms with Crippen LogP contribution in [0.15, 0.2) is 22.6 Å². The second-order valence-electron chi connectivity index (χ2n) is 5.70. The van der Waals surface area contributed by atoms with E-state index in [2.05, 4.69) is 12.1 Å². The van der Waals surface area contributed by atoms with Crippen molar-refractivity contribution in [2.45, 2.75) is 51.9 Å². The number of hydrogen-bond donors (Lipinski definition) is 0. The van der Waals surface area contributed by atoms with Crippen molar-refractivity contribution in [1.29, 1.82) is 0 Å². The Morgan fingerprint density at radius 3 is 2.63 bits per heavy atom. The largest absolute Gasteiger partial charge is 0.453 e. The second kappa shape index (κ2) is 4.84. The summed E-state index contributed by atoms with van der Waals surface area (Å²) in [6.45, 7) is 3.54. The van der Waals surface area contributed by atoms with Gasteiger partial charge in [-0.2, -0.15) is 0 Å². The van der Waals surface area contributed by atoms with Crippen molar-refractivity contribution >= 4 is 16.8 Å². The van der Waals surface area contributed by atoms with E-state index in [0.29, 0.717) is 11.7 Å². The van der Waals surface area contributed by atoms with Gasteiger partial charge in [0.05, 0.1) is 0 Å². The molecule has 1 aromatic carbocycles. The highest BCUT2D eigenvalue weighted by atomic mass is 16.3. The lowest BCUT2D eigenvalue weighted by Gasteiger charge is -2.21. The standard InChI is InChI=1S/C17H20O2/c1-11-15-10-14(13-6-4-3-5-7-13)8-9-16(15)19-17(11)12(2)18/h8-10,13H,3-7H2,1-2H3. The lowest BCUT2D eigenvalue weighted by atomic mass is 9.83. The molecular formula is C17H20O2. The van der Waals surface area contributed by atoms with E-state index in [-0.39, 0.29) is 5.78 Å². The summed E-state index contributed by atoms with van der Waals surface area (Å²) < 4.78 is 5.65. The number of fused-ring (bicyclic) bond motifs is 1. The van der Waals surface area contributed by atoms with Crippen LogP contribution in [0.1, 0.15) is 66.6 Å². The SMILES string of the molecule is CC(=O)c1oc2ccc(C3CCCCC3)cc2c1C. The van der Waals surface area contributed by atoms with E-state index >= 15 is 0 Å². The van der Waals surface area contributed by atoms with Gasteiger partial charge in [0.1, 0.15) is 5.58 Å². The molecule has 1 saturated carbocycles. The first-order valence-corrected chi connectivity index (χ1v) is 7.21. The van der Waals surface area contributed by atoms with Gasteiger partial charge in [0.25, 0.3) is 0 Å². The first kappa shape index (κ1) is 12.5. The van der Waals surface area contributed by atoms with E-state index in [1.807, 2.05) is 13.0 Å². The smallest absolute Gasteiger partial charge is 0.195 e. The lowest BCUT2D eigenvalue weighted by Crippen LogP contribution is -2.04. The molecule has 2 heteroatoms. The van der Waals surface area contributed by atoms with Gasteiger partial charge in [0.2, 0.25) is 0 Å². The zero-order chi connectivity index (χ0) is 13.4. The minimum absolute atomic E-state index is 0.00733. The van der Waals surface area contributed by atoms with Crippen LogP contribution in [0.3, 0.4) is 0 Å². The summed E-state index contributed by atoms with van der Waals surface area (Å²) in [5, 5.41) is 1.10. The van der Waals surface area contributed by atoms with Crippen LogP contribution in [-0.4, -0.2) is 5.78 Å². The van der Waals surface area contributed by atoms with Crippen LogP contribution < -0.4 is 0 Å². The van der Waals surface area contributed by atoms with Gasteiger partial charge in [-0.15, -0.1) is 0 Å². The number of carbonyl (C=O) groups is 1. The molecule has 1 fully saturated rings. The summed E-state index contributed by atoms with van der Waals surface area (Å²) in [5.74, 6) is 1.21. The Labute approximate surface area is 113 Å². The molecule has 1 aromatic heterocycles. The third-order valence-corrected chi connectivity index (χ3v) is 4.36. The highest BCUT2D eigenvalue weighted by Crippen LogP contribution is 2.35. The summed E-state index contributed by atoms with van der Waals surface area (Å²) in [7, 11) is 0. The molecule has 19 heavy (non-hydrogen) atoms. The third-order valence-electron chi connectivity index (χ3n) is 4.36. The molecule has 2 aromatic rings. The van der Waals surface area contributed by atoms with E-state index in [4.69, 9.17) is 4.42 Å². The van der Waals surface area contributed by atoms with Crippen LogP contribution in [0.2, 0.25) is 0 Å². The van der Waals surface area contributed by atoms with Crippen molar-refractivity contribution in [3.8, 4) is 0 Å². The predicted molar refractivity (Wildman–Crippen MR) is 76.8 cm³/mol. The summed E-state index contributed by atoms with van der Waals surface area (Å²) >= 11 is 0. The summed E-state index contributed by atoms with van der Waals surface area (Å²) in [5.41, 5.74) is 3.23. The maximum atomic E-state index is 11.5. The molecule has 2 nitrogen and oxygen atoms in total. The highest BCUT2D eigenvalue weighted by molar-refractivity contribution is 5.98. The fraction of sp³-hybridized carbons (Fsp3) is 0.471. The van der Waals surface area contributed by atoms with Gasteiger partial charge >= 0.3 is 0 Å². The molecule has 1 aliphatic carbocycles. The predicted octanol–water partition coefficient (Wildman–Crippen LogP) is 4.99. The van der Waals surface area contributed by atoms with E-state index < -0.39 is 0 Å². The minimum Gasteiger partial charge on any atom is -0.453 e. The van der Waals surface area contributed by atoms with Gasteiger partial charge in [-0.1, -0.05) is 25.3 Å². The molecule has 1 heterocycles. The molecule has 3 rings (SSSR count). The fourth-order valence-electron chi connectivity index (χ4n) is 3.26. The second-order valence-corrected chi connectivity index (χ2v) is 5.70. The Morgan fingerprint density at radius 2 is 1.95 bits per heavy atom. The van der Waals surface area contributed by atoms with Crippen molar-refractivity contribution in [1.82, 2.24) is 0 Å². The van der Waals surface area contributed by atoms with Gasteiger partial charge in [0.15, 0.2) is 11.5 Å². The Morgan fingerprint density at radius 1 is 1.21 bits per heavy atom. The number of ketones is 1. The number of furan rings is 1. The Balaban J connectivity index is 2.04. The quantitative estimate of drug-likeness (QED) is 0.708. The first-order valence-electron chi connectivity index (χ1n) is 7.21. The highest BCUT2D eigenvalue weighted by Gasteiger charge is 2.18. The van der Waals surface area contributed by atoms with Gasteiger partial charge in [-0.3, -0.25) is 4.79 Å². The number of aryl methyl sites for hydroxylation is 1. The molecule has 0 saturated heterocycles. The molecule has 0 radical (unpaired) electrons. The van der Waals surface area contributed by atoms with Gasteiger partial charge in [-0.25, -0.2) is 0 Å². The number of carbonyl (C=O) groups excluding carboxylic acids is 1. The van der Waals surface area contributed by atoms with E-state index in [1.165, 1.54) is 37.7 Å². The Hall–Kier alpha value is -1.57. The summed E-state index contributed by atoms with van der Waals surface area (Å²) in [6.07, 6.45) is 6.64. The molecule has 0 bridgehead atoms. The molecule has 0 atom stereocenters. The van der Waals surface area contributed by atoms with Crippen LogP contribution in [0.25, 0.3) is 11.0 Å². The molecule has 0 N–H and O–H groups in total. The van der Waals surface area contributed by atoms with Crippen molar-refractivity contribution in [3.05, 3.63) is 35.1 Å². The number of Topliss-reactive ketones (excluding diaryl/α,β-unsaturated/α-hetero) is 1. The zero-order valence-corrected chi connectivity index (χ0v) is 11.7. The molecule has 1 aliphatic rings. The normalized spacial score (nSPS) is 16.9. The number of hydrogen-bond acceptors (Lipinski definition) is 2.